The summed E-state index contributed by atoms with van der Waals surface area (Å²) in [7, 11) is -4.05. The number of aromatic amines is 1. The lowest BCUT2D eigenvalue weighted by Gasteiger charge is -2.21. The third-order valence-corrected chi connectivity index (χ3v) is 7.32. The van der Waals surface area contributed by atoms with E-state index in [-0.39, 0.29) is 29.3 Å². The number of aryl methyl sites for hydroxylation is 1. The summed E-state index contributed by atoms with van der Waals surface area (Å²) >= 11 is 0. The van der Waals surface area contributed by atoms with E-state index < -0.39 is 10.0 Å². The zero-order valence-corrected chi connectivity index (χ0v) is 19.2. The number of carbonyl (C=O) groups excluding carboxylic acids is 1. The number of sulfonamides is 1. The molecule has 0 atom stereocenters. The number of ketones is 1. The van der Waals surface area contributed by atoms with Crippen LogP contribution in [0.25, 0.3) is 10.9 Å². The van der Waals surface area contributed by atoms with Crippen molar-refractivity contribution in [2.24, 2.45) is 0 Å². The standard InChI is InChI=1S/C25H24N2O5S/c1-3-18-9-10-24-20(12-18)13-21(25(29)26-24)15-27(16-22-7-5-11-32-22)33(30,31)23-8-4-6-19(14-23)17(2)28/h4-14H,3,15-16H2,1-2H3,(H,26,29). The van der Waals surface area contributed by atoms with Crippen molar-refractivity contribution in [1.29, 1.82) is 0 Å². The molecule has 7 nitrogen and oxygen atoms in total. The van der Waals surface area contributed by atoms with Gasteiger partial charge in [-0.05, 0) is 66.8 Å². The Morgan fingerprint density at radius 3 is 2.55 bits per heavy atom. The van der Waals surface area contributed by atoms with E-state index >= 15 is 0 Å². The summed E-state index contributed by atoms with van der Waals surface area (Å²) in [5.41, 5.74) is 2.05. The largest absolute Gasteiger partial charge is 0.468 e. The van der Waals surface area contributed by atoms with Crippen molar-refractivity contribution in [2.45, 2.75) is 38.3 Å². The Bertz CT molecular complexity index is 1470. The Balaban J connectivity index is 1.78. The van der Waals surface area contributed by atoms with E-state index in [0.29, 0.717) is 22.4 Å². The fraction of sp³-hybridized carbons (Fsp3) is 0.200. The van der Waals surface area contributed by atoms with Crippen LogP contribution in [0.15, 0.2) is 81.0 Å². The van der Waals surface area contributed by atoms with E-state index in [1.165, 1.54) is 35.7 Å². The molecule has 0 saturated carbocycles. The highest BCUT2D eigenvalue weighted by Crippen LogP contribution is 2.23. The van der Waals surface area contributed by atoms with Gasteiger partial charge in [-0.1, -0.05) is 25.1 Å². The van der Waals surface area contributed by atoms with Gasteiger partial charge in [0.15, 0.2) is 5.78 Å². The number of furan rings is 1. The molecule has 8 heteroatoms. The zero-order valence-electron chi connectivity index (χ0n) is 18.4. The lowest BCUT2D eigenvalue weighted by atomic mass is 10.1. The van der Waals surface area contributed by atoms with E-state index in [4.69, 9.17) is 4.42 Å². The second-order valence-electron chi connectivity index (χ2n) is 7.84. The lowest BCUT2D eigenvalue weighted by molar-refractivity contribution is 0.101. The maximum atomic E-state index is 13.6. The monoisotopic (exact) mass is 464 g/mol. The first-order valence-electron chi connectivity index (χ1n) is 10.6. The predicted molar refractivity (Wildman–Crippen MR) is 126 cm³/mol. The van der Waals surface area contributed by atoms with Gasteiger partial charge in [0.25, 0.3) is 5.56 Å². The average Bonchev–Trinajstić information content (AvgIpc) is 3.32. The van der Waals surface area contributed by atoms with E-state index in [1.54, 1.807) is 24.3 Å². The molecule has 0 radical (unpaired) electrons. The van der Waals surface area contributed by atoms with Crippen molar-refractivity contribution in [3.05, 3.63) is 99.7 Å². The summed E-state index contributed by atoms with van der Waals surface area (Å²) in [6, 6.07) is 16.7. The Labute approximate surface area is 191 Å². The van der Waals surface area contributed by atoms with Crippen LogP contribution in [0, 0.1) is 0 Å². The molecule has 0 aliphatic rings. The number of hydrogen-bond acceptors (Lipinski definition) is 5. The molecule has 170 valence electrons. The van der Waals surface area contributed by atoms with E-state index in [9.17, 15) is 18.0 Å². The number of benzene rings is 2. The molecule has 33 heavy (non-hydrogen) atoms. The molecule has 0 bridgehead atoms. The normalized spacial score (nSPS) is 11.8. The first kappa shape index (κ1) is 22.7. The highest BCUT2D eigenvalue weighted by Gasteiger charge is 2.27. The molecule has 0 saturated heterocycles. The van der Waals surface area contributed by atoms with Gasteiger partial charge in [0, 0.05) is 23.2 Å². The summed E-state index contributed by atoms with van der Waals surface area (Å²) in [6.45, 7) is 3.20. The molecule has 4 rings (SSSR count). The first-order chi connectivity index (χ1) is 15.8. The summed E-state index contributed by atoms with van der Waals surface area (Å²) < 4.78 is 33.7. The molecule has 0 aliphatic carbocycles. The van der Waals surface area contributed by atoms with Gasteiger partial charge in [0.1, 0.15) is 5.76 Å². The zero-order chi connectivity index (χ0) is 23.6. The van der Waals surface area contributed by atoms with Crippen LogP contribution in [-0.4, -0.2) is 23.5 Å². The van der Waals surface area contributed by atoms with Crippen molar-refractivity contribution in [2.75, 3.05) is 0 Å². The summed E-state index contributed by atoms with van der Waals surface area (Å²) in [5, 5.41) is 0.831. The van der Waals surface area contributed by atoms with Crippen LogP contribution in [0.3, 0.4) is 0 Å². The number of hydrogen-bond donors (Lipinski definition) is 1. The topological polar surface area (TPSA) is 100 Å². The molecule has 0 spiro atoms. The van der Waals surface area contributed by atoms with Crippen molar-refractivity contribution in [3.63, 3.8) is 0 Å². The van der Waals surface area contributed by atoms with Crippen molar-refractivity contribution < 1.29 is 17.6 Å². The number of nitrogens with zero attached hydrogens (tertiary/aromatic N) is 1. The van der Waals surface area contributed by atoms with Gasteiger partial charge in [-0.15, -0.1) is 0 Å². The molecule has 0 fully saturated rings. The average molecular weight is 465 g/mol. The van der Waals surface area contributed by atoms with Crippen LogP contribution in [0.5, 0.6) is 0 Å². The maximum absolute atomic E-state index is 13.6. The Morgan fingerprint density at radius 1 is 1.03 bits per heavy atom. The molecule has 2 heterocycles. The molecule has 2 aromatic carbocycles. The van der Waals surface area contributed by atoms with E-state index in [2.05, 4.69) is 4.98 Å². The van der Waals surface area contributed by atoms with Gasteiger partial charge < -0.3 is 9.40 Å². The smallest absolute Gasteiger partial charge is 0.252 e. The highest BCUT2D eigenvalue weighted by molar-refractivity contribution is 7.89. The van der Waals surface area contributed by atoms with Gasteiger partial charge in [0.05, 0.1) is 17.7 Å². The fourth-order valence-corrected chi connectivity index (χ4v) is 5.09. The molecule has 2 aromatic heterocycles. The number of rotatable bonds is 8. The molecule has 0 unspecified atom stereocenters. The van der Waals surface area contributed by atoms with Crippen LogP contribution in [-0.2, 0) is 29.5 Å². The number of pyridine rings is 1. The van der Waals surface area contributed by atoms with Crippen LogP contribution in [0.4, 0.5) is 0 Å². The minimum Gasteiger partial charge on any atom is -0.468 e. The summed E-state index contributed by atoms with van der Waals surface area (Å²) in [6.07, 6.45) is 2.31. The predicted octanol–water partition coefficient (Wildman–Crippen LogP) is 4.28. The van der Waals surface area contributed by atoms with Crippen LogP contribution < -0.4 is 5.56 Å². The lowest BCUT2D eigenvalue weighted by Crippen LogP contribution is -2.32. The number of aromatic nitrogens is 1. The van der Waals surface area contributed by atoms with Crippen molar-refractivity contribution in [1.82, 2.24) is 9.29 Å². The molecular formula is C25H24N2O5S. The summed E-state index contributed by atoms with van der Waals surface area (Å²) in [5.74, 6) is 0.203. The molecular weight excluding hydrogens is 440 g/mol. The number of carbonyl (C=O) groups is 1. The number of Topliss-reactive ketones (excluding diaryl/α,β-unsaturated/α-hetero) is 1. The second-order valence-corrected chi connectivity index (χ2v) is 9.77. The number of H-pyrrole nitrogens is 1. The first-order valence-corrected chi connectivity index (χ1v) is 12.0. The summed E-state index contributed by atoms with van der Waals surface area (Å²) in [4.78, 5) is 27.4. The van der Waals surface area contributed by atoms with E-state index in [1.807, 2.05) is 25.1 Å². The van der Waals surface area contributed by atoms with Gasteiger partial charge in [-0.25, -0.2) is 8.42 Å². The van der Waals surface area contributed by atoms with Crippen LogP contribution in [0.1, 0.15) is 41.1 Å². The second kappa shape index (κ2) is 9.17. The Kier molecular flexibility index (Phi) is 6.31. The molecule has 4 aromatic rings. The third-order valence-electron chi connectivity index (χ3n) is 5.53. The third kappa shape index (κ3) is 4.81. The van der Waals surface area contributed by atoms with Gasteiger partial charge in [-0.2, -0.15) is 4.31 Å². The molecule has 0 amide bonds. The fourth-order valence-electron chi connectivity index (χ4n) is 3.66. The van der Waals surface area contributed by atoms with Crippen LogP contribution >= 0.6 is 0 Å². The SMILES string of the molecule is CCc1ccc2[nH]c(=O)c(CN(Cc3ccco3)S(=O)(=O)c3cccc(C(C)=O)c3)cc2c1. The minimum atomic E-state index is -4.05. The van der Waals surface area contributed by atoms with E-state index in [0.717, 1.165) is 17.4 Å². The Hall–Kier alpha value is -3.49. The Morgan fingerprint density at radius 2 is 1.85 bits per heavy atom. The van der Waals surface area contributed by atoms with Crippen molar-refractivity contribution >= 4 is 26.7 Å². The van der Waals surface area contributed by atoms with Crippen LogP contribution in [0.2, 0.25) is 0 Å². The van der Waals surface area contributed by atoms with Crippen molar-refractivity contribution in [3.8, 4) is 0 Å². The minimum absolute atomic E-state index is 0.0211. The van der Waals surface area contributed by atoms with Gasteiger partial charge in [0.2, 0.25) is 10.0 Å². The van der Waals surface area contributed by atoms with Gasteiger partial charge in [-0.3, -0.25) is 9.59 Å². The molecule has 1 N–H and O–H groups in total. The number of nitrogens with one attached hydrogen (secondary N) is 1. The van der Waals surface area contributed by atoms with Gasteiger partial charge >= 0.3 is 0 Å². The quantitative estimate of drug-likeness (QED) is 0.392. The molecule has 0 aliphatic heterocycles. The highest BCUT2D eigenvalue weighted by atomic mass is 32.2. The number of fused-ring (bicyclic) bond motifs is 1. The maximum Gasteiger partial charge on any atom is 0.252 e.